The van der Waals surface area contributed by atoms with Gasteiger partial charge in [-0.05, 0) is 42.5 Å². The number of carbonyl (C=O) groups excluding carboxylic acids is 1. The van der Waals surface area contributed by atoms with E-state index in [-0.39, 0.29) is 5.91 Å². The van der Waals surface area contributed by atoms with Crippen molar-refractivity contribution in [3.63, 3.8) is 0 Å². The zero-order valence-corrected chi connectivity index (χ0v) is 15.9. The van der Waals surface area contributed by atoms with Crippen LogP contribution in [-0.2, 0) is 13.6 Å². The number of aryl methyl sites for hydroxylation is 1. The summed E-state index contributed by atoms with van der Waals surface area (Å²) in [6.45, 7) is 0.305. The van der Waals surface area contributed by atoms with Gasteiger partial charge in [0.05, 0.1) is 29.2 Å². The molecule has 1 N–H and O–H groups in total. The van der Waals surface area contributed by atoms with Gasteiger partial charge in [0.15, 0.2) is 0 Å². The zero-order valence-electron chi connectivity index (χ0n) is 15.9. The van der Waals surface area contributed by atoms with Crippen LogP contribution in [-0.4, -0.2) is 20.7 Å². The van der Waals surface area contributed by atoms with Gasteiger partial charge in [-0.3, -0.25) is 14.5 Å². The summed E-state index contributed by atoms with van der Waals surface area (Å²) >= 11 is 0. The first-order valence-electron chi connectivity index (χ1n) is 9.25. The molecule has 4 aromatic rings. The second-order valence-corrected chi connectivity index (χ2v) is 6.45. The number of hydrogen-bond donors (Lipinski definition) is 1. The van der Waals surface area contributed by atoms with E-state index in [1.54, 1.807) is 23.0 Å². The number of amides is 1. The molecule has 0 aliphatic rings. The van der Waals surface area contributed by atoms with Gasteiger partial charge in [0.2, 0.25) is 0 Å². The first-order chi connectivity index (χ1) is 14.2. The number of hydrogen-bond acceptors (Lipinski definition) is 4. The van der Waals surface area contributed by atoms with Crippen molar-refractivity contribution in [1.29, 1.82) is 0 Å². The van der Waals surface area contributed by atoms with Crippen molar-refractivity contribution in [2.75, 3.05) is 0 Å². The molecule has 0 saturated heterocycles. The molecule has 4 rings (SSSR count). The zero-order chi connectivity index (χ0) is 20.1. The molecular weight excluding hydrogens is 364 g/mol. The Kier molecular flexibility index (Phi) is 5.33. The third-order valence-electron chi connectivity index (χ3n) is 4.39. The molecule has 0 aliphatic heterocycles. The Hall–Kier alpha value is -3.93. The van der Waals surface area contributed by atoms with E-state index >= 15 is 0 Å². The molecule has 0 saturated carbocycles. The van der Waals surface area contributed by atoms with Crippen molar-refractivity contribution in [2.45, 2.75) is 6.54 Å². The molecule has 1 amide bonds. The Bertz CT molecular complexity index is 1110. The maximum Gasteiger partial charge on any atom is 0.255 e. The highest BCUT2D eigenvalue weighted by molar-refractivity contribution is 5.96. The standard InChI is InChI=1S/C23H20N4O2/c1-27-21(20-12-7-8-14-24-20)15-17(26-27)16-25-23(28)19-11-5-6-13-22(19)29-18-9-3-2-4-10-18/h2-15H,16H2,1H3,(H,25,28). The summed E-state index contributed by atoms with van der Waals surface area (Å²) in [5, 5.41) is 7.39. The quantitative estimate of drug-likeness (QED) is 0.541. The number of pyridine rings is 1. The van der Waals surface area contributed by atoms with E-state index in [9.17, 15) is 4.79 Å². The van der Waals surface area contributed by atoms with Crippen LogP contribution in [0.25, 0.3) is 11.4 Å². The lowest BCUT2D eigenvalue weighted by Gasteiger charge is -2.11. The topological polar surface area (TPSA) is 69.0 Å². The van der Waals surface area contributed by atoms with E-state index in [0.29, 0.717) is 23.6 Å². The lowest BCUT2D eigenvalue weighted by atomic mass is 10.2. The fourth-order valence-corrected chi connectivity index (χ4v) is 2.99. The highest BCUT2D eigenvalue weighted by Gasteiger charge is 2.14. The van der Waals surface area contributed by atoms with Gasteiger partial charge >= 0.3 is 0 Å². The number of nitrogens with zero attached hydrogens (tertiary/aromatic N) is 3. The minimum Gasteiger partial charge on any atom is -0.457 e. The summed E-state index contributed by atoms with van der Waals surface area (Å²) in [5.41, 5.74) is 2.95. The Balaban J connectivity index is 1.47. The molecule has 2 heterocycles. The van der Waals surface area contributed by atoms with E-state index in [2.05, 4.69) is 15.4 Å². The fraction of sp³-hybridized carbons (Fsp3) is 0.0870. The van der Waals surface area contributed by atoms with Crippen LogP contribution in [0.1, 0.15) is 16.1 Å². The molecular formula is C23H20N4O2. The summed E-state index contributed by atoms with van der Waals surface area (Å²) in [6.07, 6.45) is 1.74. The largest absolute Gasteiger partial charge is 0.457 e. The summed E-state index contributed by atoms with van der Waals surface area (Å²) in [6, 6.07) is 24.2. The molecule has 6 nitrogen and oxygen atoms in total. The van der Waals surface area contributed by atoms with Crippen molar-refractivity contribution in [3.8, 4) is 22.9 Å². The second-order valence-electron chi connectivity index (χ2n) is 6.45. The van der Waals surface area contributed by atoms with Crippen molar-refractivity contribution in [2.24, 2.45) is 7.05 Å². The molecule has 6 heteroatoms. The summed E-state index contributed by atoms with van der Waals surface area (Å²) < 4.78 is 7.64. The Morgan fingerprint density at radius 3 is 2.55 bits per heavy atom. The predicted octanol–water partition coefficient (Wildman–Crippen LogP) is 4.20. The van der Waals surface area contributed by atoms with Gasteiger partial charge in [-0.2, -0.15) is 5.10 Å². The second kappa shape index (κ2) is 8.39. The highest BCUT2D eigenvalue weighted by Crippen LogP contribution is 2.25. The molecule has 144 valence electrons. The van der Waals surface area contributed by atoms with Crippen LogP contribution in [0.5, 0.6) is 11.5 Å². The van der Waals surface area contributed by atoms with Gasteiger partial charge < -0.3 is 10.1 Å². The van der Waals surface area contributed by atoms with E-state index in [1.807, 2.05) is 73.8 Å². The van der Waals surface area contributed by atoms with Gasteiger partial charge in [0.25, 0.3) is 5.91 Å². The lowest BCUT2D eigenvalue weighted by Crippen LogP contribution is -2.23. The van der Waals surface area contributed by atoms with Gasteiger partial charge in [-0.25, -0.2) is 0 Å². The molecule has 0 bridgehead atoms. The summed E-state index contributed by atoms with van der Waals surface area (Å²) in [5.74, 6) is 0.963. The molecule has 0 fully saturated rings. The normalized spacial score (nSPS) is 10.5. The number of carbonyl (C=O) groups is 1. The fourth-order valence-electron chi connectivity index (χ4n) is 2.99. The van der Waals surface area contributed by atoms with Crippen molar-refractivity contribution in [1.82, 2.24) is 20.1 Å². The third kappa shape index (κ3) is 4.32. The number of aromatic nitrogens is 3. The van der Waals surface area contributed by atoms with E-state index < -0.39 is 0 Å². The van der Waals surface area contributed by atoms with Gasteiger partial charge in [-0.1, -0.05) is 36.4 Å². The van der Waals surface area contributed by atoms with Crippen molar-refractivity contribution < 1.29 is 9.53 Å². The molecule has 29 heavy (non-hydrogen) atoms. The van der Waals surface area contributed by atoms with Crippen LogP contribution in [0.15, 0.2) is 85.1 Å². The highest BCUT2D eigenvalue weighted by atomic mass is 16.5. The molecule has 2 aromatic heterocycles. The minimum atomic E-state index is -0.221. The Labute approximate surface area is 168 Å². The number of nitrogens with one attached hydrogen (secondary N) is 1. The number of rotatable bonds is 6. The van der Waals surface area contributed by atoms with Crippen LogP contribution in [0.4, 0.5) is 0 Å². The molecule has 0 unspecified atom stereocenters. The van der Waals surface area contributed by atoms with Gasteiger partial charge in [0.1, 0.15) is 11.5 Å². The Morgan fingerprint density at radius 2 is 1.76 bits per heavy atom. The van der Waals surface area contributed by atoms with Crippen LogP contribution in [0.2, 0.25) is 0 Å². The van der Waals surface area contributed by atoms with E-state index in [0.717, 1.165) is 17.1 Å². The monoisotopic (exact) mass is 384 g/mol. The summed E-state index contributed by atoms with van der Waals surface area (Å²) in [7, 11) is 1.86. The molecule has 0 aliphatic carbocycles. The van der Waals surface area contributed by atoms with Crippen LogP contribution >= 0.6 is 0 Å². The van der Waals surface area contributed by atoms with E-state index in [1.165, 1.54) is 0 Å². The van der Waals surface area contributed by atoms with Crippen LogP contribution < -0.4 is 10.1 Å². The third-order valence-corrected chi connectivity index (χ3v) is 4.39. The maximum atomic E-state index is 12.8. The van der Waals surface area contributed by atoms with Gasteiger partial charge in [0, 0.05) is 13.2 Å². The number of para-hydroxylation sites is 2. The smallest absolute Gasteiger partial charge is 0.255 e. The number of ether oxygens (including phenoxy) is 1. The van der Waals surface area contributed by atoms with Crippen molar-refractivity contribution in [3.05, 3.63) is 96.3 Å². The maximum absolute atomic E-state index is 12.8. The van der Waals surface area contributed by atoms with E-state index in [4.69, 9.17) is 4.74 Å². The molecule has 0 spiro atoms. The predicted molar refractivity (Wildman–Crippen MR) is 111 cm³/mol. The van der Waals surface area contributed by atoms with Crippen molar-refractivity contribution >= 4 is 5.91 Å². The molecule has 0 atom stereocenters. The van der Waals surface area contributed by atoms with Gasteiger partial charge in [-0.15, -0.1) is 0 Å². The summed E-state index contributed by atoms with van der Waals surface area (Å²) in [4.78, 5) is 17.1. The average molecular weight is 384 g/mol. The van der Waals surface area contributed by atoms with Crippen LogP contribution in [0.3, 0.4) is 0 Å². The van der Waals surface area contributed by atoms with Crippen LogP contribution in [0, 0.1) is 0 Å². The molecule has 0 radical (unpaired) electrons. The first-order valence-corrected chi connectivity index (χ1v) is 9.25. The molecule has 2 aromatic carbocycles. The minimum absolute atomic E-state index is 0.221. The lowest BCUT2D eigenvalue weighted by molar-refractivity contribution is 0.0948. The Morgan fingerprint density at radius 1 is 1.00 bits per heavy atom. The SMILES string of the molecule is Cn1nc(CNC(=O)c2ccccc2Oc2ccccc2)cc1-c1ccccn1. The number of benzene rings is 2. The average Bonchev–Trinajstić information content (AvgIpc) is 3.14. The first kappa shape index (κ1) is 18.4.